The van der Waals surface area contributed by atoms with Gasteiger partial charge < -0.3 is 9.94 Å². The first-order valence-electron chi connectivity index (χ1n) is 8.12. The highest BCUT2D eigenvalue weighted by Gasteiger charge is 2.25. The Morgan fingerprint density at radius 2 is 2.00 bits per heavy atom. The van der Waals surface area contributed by atoms with E-state index in [1.54, 1.807) is 26.8 Å². The van der Waals surface area contributed by atoms with Gasteiger partial charge in [0.25, 0.3) is 0 Å². The number of hydrogen-bond donors (Lipinski definition) is 0. The third-order valence-electron chi connectivity index (χ3n) is 3.86. The maximum Gasteiger partial charge on any atom is 0.339 e. The lowest BCUT2D eigenvalue weighted by Crippen LogP contribution is -2.33. The molecule has 8 nitrogen and oxygen atoms in total. The quantitative estimate of drug-likeness (QED) is 0.409. The highest BCUT2D eigenvalue weighted by Crippen LogP contribution is 2.22. The lowest BCUT2D eigenvalue weighted by Gasteiger charge is -2.20. The number of sulfonamides is 1. The summed E-state index contributed by atoms with van der Waals surface area (Å²) >= 11 is 0. The summed E-state index contributed by atoms with van der Waals surface area (Å²) in [6.45, 7) is 5.51. The van der Waals surface area contributed by atoms with Crippen LogP contribution in [0.1, 0.15) is 35.6 Å². The van der Waals surface area contributed by atoms with Crippen molar-refractivity contribution in [3.05, 3.63) is 58.8 Å². The van der Waals surface area contributed by atoms with E-state index < -0.39 is 16.0 Å². The van der Waals surface area contributed by atoms with Gasteiger partial charge in [0, 0.05) is 19.2 Å². The van der Waals surface area contributed by atoms with Crippen LogP contribution in [-0.2, 0) is 21.4 Å². The SMILES string of the molecule is CCN(CC)S(=O)(=O)c1cc(C(=O)OCc2nccc[n+]2[O-])ccc1C. The van der Waals surface area contributed by atoms with Gasteiger partial charge in [0.1, 0.15) is 6.20 Å². The topological polar surface area (TPSA) is 104 Å². The monoisotopic (exact) mass is 379 g/mol. The minimum absolute atomic E-state index is 0.0314. The fourth-order valence-electron chi connectivity index (χ4n) is 2.41. The molecule has 2 rings (SSSR count). The molecule has 0 saturated heterocycles. The lowest BCUT2D eigenvalue weighted by molar-refractivity contribution is -0.620. The summed E-state index contributed by atoms with van der Waals surface area (Å²) in [4.78, 5) is 16.2. The molecule has 1 heterocycles. The summed E-state index contributed by atoms with van der Waals surface area (Å²) in [5, 5.41) is 11.5. The number of benzene rings is 1. The third kappa shape index (κ3) is 4.17. The van der Waals surface area contributed by atoms with Crippen molar-refractivity contribution in [2.75, 3.05) is 13.1 Å². The minimum Gasteiger partial charge on any atom is -0.711 e. The molecular weight excluding hydrogens is 358 g/mol. The Balaban J connectivity index is 2.26. The minimum atomic E-state index is -3.70. The van der Waals surface area contributed by atoms with Crippen LogP contribution in [0.3, 0.4) is 0 Å². The van der Waals surface area contributed by atoms with Crippen LogP contribution in [0.4, 0.5) is 0 Å². The van der Waals surface area contributed by atoms with Gasteiger partial charge in [-0.1, -0.05) is 19.9 Å². The fourth-order valence-corrected chi connectivity index (χ4v) is 4.12. The molecule has 0 radical (unpaired) electrons. The van der Waals surface area contributed by atoms with Crippen molar-refractivity contribution < 1.29 is 22.7 Å². The first kappa shape index (κ1) is 19.8. The Morgan fingerprint density at radius 3 is 2.62 bits per heavy atom. The summed E-state index contributed by atoms with van der Waals surface area (Å²) < 4.78 is 32.4. The standard InChI is InChI=1S/C17H21N3O5S/c1-4-19(5-2)26(23,24)15-11-14(8-7-13(15)3)17(21)25-12-16-18-9-6-10-20(16)22/h6-11H,4-5,12H2,1-3H3. The van der Waals surface area contributed by atoms with Gasteiger partial charge in [0.05, 0.1) is 16.7 Å². The Morgan fingerprint density at radius 1 is 1.31 bits per heavy atom. The van der Waals surface area contributed by atoms with E-state index in [0.29, 0.717) is 23.4 Å². The maximum absolute atomic E-state index is 12.7. The average molecular weight is 379 g/mol. The van der Waals surface area contributed by atoms with Crippen molar-refractivity contribution in [1.29, 1.82) is 0 Å². The molecule has 0 fully saturated rings. The van der Waals surface area contributed by atoms with Crippen LogP contribution in [0, 0.1) is 12.1 Å². The first-order chi connectivity index (χ1) is 12.3. The molecule has 0 atom stereocenters. The number of carbonyl (C=O) groups excluding carboxylic acids is 1. The summed E-state index contributed by atoms with van der Waals surface area (Å²) in [5.41, 5.74) is 0.630. The van der Waals surface area contributed by atoms with E-state index in [-0.39, 0.29) is 22.9 Å². The maximum atomic E-state index is 12.7. The van der Waals surface area contributed by atoms with Gasteiger partial charge in [-0.2, -0.15) is 4.31 Å². The number of rotatable bonds is 7. The van der Waals surface area contributed by atoms with E-state index in [1.807, 2.05) is 0 Å². The number of nitrogens with zero attached hydrogens (tertiary/aromatic N) is 3. The van der Waals surface area contributed by atoms with Crippen molar-refractivity contribution in [3.63, 3.8) is 0 Å². The number of hydrogen-bond acceptors (Lipinski definition) is 6. The number of esters is 1. The van der Waals surface area contributed by atoms with E-state index in [9.17, 15) is 18.4 Å². The van der Waals surface area contributed by atoms with Crippen LogP contribution in [0.25, 0.3) is 0 Å². The molecule has 0 saturated carbocycles. The molecule has 1 aromatic heterocycles. The van der Waals surface area contributed by atoms with E-state index in [0.717, 1.165) is 0 Å². The van der Waals surface area contributed by atoms with Crippen molar-refractivity contribution >= 4 is 16.0 Å². The van der Waals surface area contributed by atoms with Crippen molar-refractivity contribution in [2.45, 2.75) is 32.3 Å². The molecule has 0 bridgehead atoms. The second-order valence-electron chi connectivity index (χ2n) is 5.51. The van der Waals surface area contributed by atoms with Crippen LogP contribution in [-0.4, -0.2) is 36.8 Å². The Kier molecular flexibility index (Phi) is 6.27. The van der Waals surface area contributed by atoms with Crippen LogP contribution in [0.15, 0.2) is 41.6 Å². The van der Waals surface area contributed by atoms with Crippen molar-refractivity contribution in [3.8, 4) is 0 Å². The largest absolute Gasteiger partial charge is 0.711 e. The lowest BCUT2D eigenvalue weighted by atomic mass is 10.1. The Hall–Kier alpha value is -2.52. The molecule has 1 aromatic carbocycles. The molecule has 0 N–H and O–H groups in total. The van der Waals surface area contributed by atoms with E-state index in [2.05, 4.69) is 4.98 Å². The molecule has 0 unspecified atom stereocenters. The summed E-state index contributed by atoms with van der Waals surface area (Å²) in [5.74, 6) is -0.699. The first-order valence-corrected chi connectivity index (χ1v) is 9.56. The predicted octanol–water partition coefficient (Wildman–Crippen LogP) is 1.41. The molecule has 0 aliphatic carbocycles. The molecular formula is C17H21N3O5S. The molecule has 0 spiro atoms. The Labute approximate surface area is 152 Å². The van der Waals surface area contributed by atoms with Crippen LogP contribution < -0.4 is 4.73 Å². The average Bonchev–Trinajstić information content (AvgIpc) is 2.61. The van der Waals surface area contributed by atoms with Gasteiger partial charge in [0.15, 0.2) is 6.61 Å². The van der Waals surface area contributed by atoms with Gasteiger partial charge >= 0.3 is 11.8 Å². The van der Waals surface area contributed by atoms with Gasteiger partial charge in [-0.25, -0.2) is 17.9 Å². The highest BCUT2D eigenvalue weighted by atomic mass is 32.2. The highest BCUT2D eigenvalue weighted by molar-refractivity contribution is 7.89. The fraction of sp³-hybridized carbons (Fsp3) is 0.353. The smallest absolute Gasteiger partial charge is 0.339 e. The third-order valence-corrected chi connectivity index (χ3v) is 6.06. The van der Waals surface area contributed by atoms with Crippen LogP contribution >= 0.6 is 0 Å². The Bertz CT molecular complexity index is 895. The predicted molar refractivity (Wildman–Crippen MR) is 93.6 cm³/mol. The summed E-state index contributed by atoms with van der Waals surface area (Å²) in [6, 6.07) is 5.81. The normalized spacial score (nSPS) is 11.5. The molecule has 2 aromatic rings. The van der Waals surface area contributed by atoms with Crippen LogP contribution in [0.5, 0.6) is 0 Å². The second-order valence-corrected chi connectivity index (χ2v) is 7.41. The number of aromatic nitrogens is 2. The number of ether oxygens (including phenoxy) is 1. The second kappa shape index (κ2) is 8.24. The molecule has 26 heavy (non-hydrogen) atoms. The van der Waals surface area contributed by atoms with Gasteiger partial charge in [-0.15, -0.1) is 0 Å². The van der Waals surface area contributed by atoms with Gasteiger partial charge in [-0.05, 0) is 29.6 Å². The van der Waals surface area contributed by atoms with Crippen molar-refractivity contribution in [2.24, 2.45) is 0 Å². The number of carbonyl (C=O) groups is 1. The van der Waals surface area contributed by atoms with E-state index in [1.165, 1.54) is 34.9 Å². The van der Waals surface area contributed by atoms with Crippen molar-refractivity contribution in [1.82, 2.24) is 9.29 Å². The summed E-state index contributed by atoms with van der Waals surface area (Å²) in [7, 11) is -3.70. The molecule has 0 aliphatic rings. The van der Waals surface area contributed by atoms with E-state index >= 15 is 0 Å². The number of aryl methyl sites for hydroxylation is 1. The van der Waals surface area contributed by atoms with Crippen LogP contribution in [0.2, 0.25) is 0 Å². The van der Waals surface area contributed by atoms with Gasteiger partial charge in [0.2, 0.25) is 10.0 Å². The molecule has 9 heteroatoms. The summed E-state index contributed by atoms with van der Waals surface area (Å²) in [6.07, 6.45) is 2.66. The van der Waals surface area contributed by atoms with E-state index in [4.69, 9.17) is 4.74 Å². The molecule has 0 amide bonds. The molecule has 0 aliphatic heterocycles. The van der Waals surface area contributed by atoms with Gasteiger partial charge in [-0.3, -0.25) is 0 Å². The molecule has 140 valence electrons. The zero-order valence-electron chi connectivity index (χ0n) is 14.9. The zero-order chi connectivity index (χ0) is 19.3. The zero-order valence-corrected chi connectivity index (χ0v) is 15.7.